The van der Waals surface area contributed by atoms with E-state index in [1.807, 2.05) is 0 Å². The van der Waals surface area contributed by atoms with Gasteiger partial charge in [0.15, 0.2) is 0 Å². The van der Waals surface area contributed by atoms with Crippen LogP contribution in [0.2, 0.25) is 0 Å². The smallest absolute Gasteiger partial charge is 0.0650 e. The predicted molar refractivity (Wildman–Crippen MR) is 40.8 cm³/mol. The van der Waals surface area contributed by atoms with Crippen LogP contribution in [0.25, 0.3) is 0 Å². The van der Waals surface area contributed by atoms with E-state index in [1.165, 1.54) is 25.7 Å². The van der Waals surface area contributed by atoms with Crippen molar-refractivity contribution in [3.8, 4) is 0 Å². The zero-order chi connectivity index (χ0) is 7.03. The largest absolute Gasteiger partial charge is 0.390 e. The molecule has 2 aliphatic rings. The third-order valence-corrected chi connectivity index (χ3v) is 3.07. The summed E-state index contributed by atoms with van der Waals surface area (Å²) in [5.74, 6) is 0.977. The Kier molecular flexibility index (Phi) is 1.48. The van der Waals surface area contributed by atoms with Gasteiger partial charge in [0.1, 0.15) is 0 Å². The molecule has 2 aliphatic carbocycles. The van der Waals surface area contributed by atoms with Crippen molar-refractivity contribution in [1.29, 1.82) is 0 Å². The van der Waals surface area contributed by atoms with Crippen LogP contribution in [-0.4, -0.2) is 10.7 Å². The van der Waals surface area contributed by atoms with E-state index in [0.29, 0.717) is 0 Å². The van der Waals surface area contributed by atoms with Crippen LogP contribution >= 0.6 is 0 Å². The molecule has 0 spiro atoms. The second-order valence-electron chi connectivity index (χ2n) is 4.06. The molecule has 58 valence electrons. The molecule has 2 saturated carbocycles. The summed E-state index contributed by atoms with van der Waals surface area (Å²) in [6.07, 6.45) is 8.79. The Balaban J connectivity index is 1.63. The van der Waals surface area contributed by atoms with Crippen LogP contribution in [0.1, 0.15) is 44.9 Å². The molecule has 0 aromatic rings. The van der Waals surface area contributed by atoms with Gasteiger partial charge in [-0.15, -0.1) is 0 Å². The van der Waals surface area contributed by atoms with Gasteiger partial charge in [0, 0.05) is 0 Å². The van der Waals surface area contributed by atoms with E-state index < -0.39 is 0 Å². The third-order valence-electron chi connectivity index (χ3n) is 3.07. The molecule has 2 fully saturated rings. The molecule has 1 heteroatoms. The lowest BCUT2D eigenvalue weighted by Crippen LogP contribution is -2.15. The van der Waals surface area contributed by atoms with E-state index in [4.69, 9.17) is 0 Å². The molecule has 2 rings (SSSR count). The SMILES string of the molecule is OC1(CCC2CCC2)CC1. The standard InChI is InChI=1S/C9H16O/c10-9(6-7-9)5-4-8-2-1-3-8/h8,10H,1-7H2. The highest BCUT2D eigenvalue weighted by Crippen LogP contribution is 2.42. The highest BCUT2D eigenvalue weighted by Gasteiger charge is 2.40. The molecule has 1 nitrogen and oxygen atoms in total. The van der Waals surface area contributed by atoms with Gasteiger partial charge in [0.05, 0.1) is 5.60 Å². The molecule has 10 heavy (non-hydrogen) atoms. The number of aliphatic hydroxyl groups is 1. The third kappa shape index (κ3) is 1.34. The summed E-state index contributed by atoms with van der Waals surface area (Å²) >= 11 is 0. The van der Waals surface area contributed by atoms with Gasteiger partial charge >= 0.3 is 0 Å². The minimum Gasteiger partial charge on any atom is -0.390 e. The van der Waals surface area contributed by atoms with Crippen molar-refractivity contribution in [1.82, 2.24) is 0 Å². The van der Waals surface area contributed by atoms with Crippen molar-refractivity contribution in [2.24, 2.45) is 5.92 Å². The van der Waals surface area contributed by atoms with Gasteiger partial charge in [-0.1, -0.05) is 19.3 Å². The van der Waals surface area contributed by atoms with Crippen LogP contribution in [0.15, 0.2) is 0 Å². The van der Waals surface area contributed by atoms with E-state index in [-0.39, 0.29) is 5.60 Å². The lowest BCUT2D eigenvalue weighted by atomic mass is 9.81. The van der Waals surface area contributed by atoms with E-state index in [2.05, 4.69) is 0 Å². The average molecular weight is 140 g/mol. The maximum absolute atomic E-state index is 9.50. The fourth-order valence-electron chi connectivity index (χ4n) is 1.65. The van der Waals surface area contributed by atoms with E-state index in [1.54, 1.807) is 0 Å². The van der Waals surface area contributed by atoms with Gasteiger partial charge in [-0.05, 0) is 31.6 Å². The summed E-state index contributed by atoms with van der Waals surface area (Å²) in [6.45, 7) is 0. The Labute approximate surface area is 62.4 Å². The molecule has 1 N–H and O–H groups in total. The Morgan fingerprint density at radius 2 is 2.00 bits per heavy atom. The Bertz CT molecular complexity index is 123. The van der Waals surface area contributed by atoms with Crippen molar-refractivity contribution < 1.29 is 5.11 Å². The van der Waals surface area contributed by atoms with Gasteiger partial charge in [0.2, 0.25) is 0 Å². The van der Waals surface area contributed by atoms with E-state index >= 15 is 0 Å². The molecule has 0 aromatic carbocycles. The number of hydrogen-bond donors (Lipinski definition) is 1. The van der Waals surface area contributed by atoms with Crippen LogP contribution in [0.5, 0.6) is 0 Å². The maximum atomic E-state index is 9.50. The Morgan fingerprint density at radius 1 is 1.30 bits per heavy atom. The zero-order valence-corrected chi connectivity index (χ0v) is 6.47. The van der Waals surface area contributed by atoms with E-state index in [0.717, 1.165) is 25.2 Å². The molecule has 0 heterocycles. The molecule has 0 unspecified atom stereocenters. The van der Waals surface area contributed by atoms with Gasteiger partial charge in [-0.3, -0.25) is 0 Å². The monoisotopic (exact) mass is 140 g/mol. The number of hydrogen-bond acceptors (Lipinski definition) is 1. The van der Waals surface area contributed by atoms with Gasteiger partial charge in [-0.25, -0.2) is 0 Å². The highest BCUT2D eigenvalue weighted by atomic mass is 16.3. The first-order valence-electron chi connectivity index (χ1n) is 4.51. The van der Waals surface area contributed by atoms with Crippen molar-refractivity contribution in [3.05, 3.63) is 0 Å². The first-order valence-corrected chi connectivity index (χ1v) is 4.51. The minimum atomic E-state index is -0.185. The Hall–Kier alpha value is -0.0400. The Morgan fingerprint density at radius 3 is 2.40 bits per heavy atom. The van der Waals surface area contributed by atoms with Gasteiger partial charge < -0.3 is 5.11 Å². The fourth-order valence-corrected chi connectivity index (χ4v) is 1.65. The quantitative estimate of drug-likeness (QED) is 0.636. The minimum absolute atomic E-state index is 0.185. The summed E-state index contributed by atoms with van der Waals surface area (Å²) in [4.78, 5) is 0. The van der Waals surface area contributed by atoms with Crippen LogP contribution in [0.4, 0.5) is 0 Å². The normalized spacial score (nSPS) is 29.7. The molecule has 0 aliphatic heterocycles. The first-order chi connectivity index (χ1) is 4.79. The van der Waals surface area contributed by atoms with Crippen molar-refractivity contribution in [2.45, 2.75) is 50.5 Å². The second kappa shape index (κ2) is 2.23. The summed E-state index contributed by atoms with van der Waals surface area (Å²) in [5, 5.41) is 9.50. The molecular weight excluding hydrogens is 124 g/mol. The molecule has 0 aromatic heterocycles. The topological polar surface area (TPSA) is 20.2 Å². The first kappa shape index (κ1) is 6.66. The van der Waals surface area contributed by atoms with Crippen LogP contribution in [-0.2, 0) is 0 Å². The van der Waals surface area contributed by atoms with Crippen LogP contribution in [0.3, 0.4) is 0 Å². The van der Waals surface area contributed by atoms with Crippen molar-refractivity contribution >= 4 is 0 Å². The fraction of sp³-hybridized carbons (Fsp3) is 1.00. The molecular formula is C9H16O. The molecule has 0 saturated heterocycles. The predicted octanol–water partition coefficient (Wildman–Crippen LogP) is 2.09. The zero-order valence-electron chi connectivity index (χ0n) is 6.47. The highest BCUT2D eigenvalue weighted by molar-refractivity contribution is 4.93. The van der Waals surface area contributed by atoms with Crippen LogP contribution < -0.4 is 0 Å². The lowest BCUT2D eigenvalue weighted by Gasteiger charge is -2.26. The molecule has 0 radical (unpaired) electrons. The molecule has 0 amide bonds. The molecule has 0 bridgehead atoms. The van der Waals surface area contributed by atoms with Crippen molar-refractivity contribution in [3.63, 3.8) is 0 Å². The summed E-state index contributed by atoms with van der Waals surface area (Å²) in [7, 11) is 0. The molecule has 0 atom stereocenters. The number of rotatable bonds is 3. The lowest BCUT2D eigenvalue weighted by molar-refractivity contribution is 0.121. The van der Waals surface area contributed by atoms with Crippen molar-refractivity contribution in [2.75, 3.05) is 0 Å². The summed E-state index contributed by atoms with van der Waals surface area (Å²) < 4.78 is 0. The van der Waals surface area contributed by atoms with E-state index in [9.17, 15) is 5.11 Å². The second-order valence-corrected chi connectivity index (χ2v) is 4.06. The summed E-state index contributed by atoms with van der Waals surface area (Å²) in [5.41, 5.74) is -0.185. The van der Waals surface area contributed by atoms with Gasteiger partial charge in [-0.2, -0.15) is 0 Å². The average Bonchev–Trinajstić information content (AvgIpc) is 2.44. The summed E-state index contributed by atoms with van der Waals surface area (Å²) in [6, 6.07) is 0. The van der Waals surface area contributed by atoms with Crippen LogP contribution in [0, 0.1) is 5.92 Å². The maximum Gasteiger partial charge on any atom is 0.0650 e. The van der Waals surface area contributed by atoms with Gasteiger partial charge in [0.25, 0.3) is 0 Å².